The number of methoxy groups -OCH3 is 1. The third-order valence-corrected chi connectivity index (χ3v) is 6.14. The molecule has 2 N–H and O–H groups in total. The summed E-state index contributed by atoms with van der Waals surface area (Å²) in [6, 6.07) is 8.00. The molecule has 8 heteroatoms. The first-order valence-electron chi connectivity index (χ1n) is 10.2. The number of amides is 1. The van der Waals surface area contributed by atoms with Gasteiger partial charge in [-0.05, 0) is 44.5 Å². The summed E-state index contributed by atoms with van der Waals surface area (Å²) in [7, 11) is 3.63. The predicted octanol–water partition coefficient (Wildman–Crippen LogP) is 1.30. The van der Waals surface area contributed by atoms with Gasteiger partial charge in [0.05, 0.1) is 18.8 Å². The second-order valence-corrected chi connectivity index (χ2v) is 7.85. The molecule has 1 amide bonds. The van der Waals surface area contributed by atoms with Crippen molar-refractivity contribution in [1.29, 1.82) is 0 Å². The second-order valence-electron chi connectivity index (χ2n) is 7.85. The number of nitrogens with one attached hydrogen (secondary N) is 2. The van der Waals surface area contributed by atoms with Gasteiger partial charge < -0.3 is 14.5 Å². The Morgan fingerprint density at radius 1 is 1.10 bits per heavy atom. The highest BCUT2D eigenvalue weighted by molar-refractivity contribution is 5.82. The van der Waals surface area contributed by atoms with Crippen LogP contribution < -0.4 is 20.5 Å². The number of nitrogens with zero attached hydrogens (tertiary/aromatic N) is 4. The van der Waals surface area contributed by atoms with Crippen molar-refractivity contribution >= 4 is 11.6 Å². The van der Waals surface area contributed by atoms with Gasteiger partial charge in [-0.1, -0.05) is 0 Å². The molecule has 2 aromatic rings. The lowest BCUT2D eigenvalue weighted by Gasteiger charge is -2.37. The zero-order chi connectivity index (χ0) is 20.5. The fourth-order valence-electron chi connectivity index (χ4n) is 4.40. The maximum Gasteiger partial charge on any atom is 0.241 e. The Morgan fingerprint density at radius 2 is 1.79 bits per heavy atom. The molecule has 156 valence electrons. The van der Waals surface area contributed by atoms with Gasteiger partial charge in [0.25, 0.3) is 0 Å². The number of rotatable bonds is 4. The van der Waals surface area contributed by atoms with Gasteiger partial charge >= 0.3 is 0 Å². The van der Waals surface area contributed by atoms with Gasteiger partial charge in [-0.2, -0.15) is 5.10 Å². The largest absolute Gasteiger partial charge is 0.497 e. The number of hydrogen-bond donors (Lipinski definition) is 2. The van der Waals surface area contributed by atoms with Crippen molar-refractivity contribution in [2.24, 2.45) is 7.05 Å². The van der Waals surface area contributed by atoms with Crippen LogP contribution in [0.5, 0.6) is 5.75 Å². The molecule has 3 heterocycles. The lowest BCUT2D eigenvalue weighted by molar-refractivity contribution is -0.133. The first kappa shape index (κ1) is 19.7. The molecule has 0 radical (unpaired) electrons. The molecule has 8 nitrogen and oxygen atoms in total. The molecule has 0 saturated carbocycles. The van der Waals surface area contributed by atoms with Gasteiger partial charge in [0.1, 0.15) is 11.8 Å². The number of carbonyl (C=O) groups is 1. The molecule has 0 aliphatic carbocycles. The van der Waals surface area contributed by atoms with E-state index in [0.29, 0.717) is 0 Å². The molecule has 29 heavy (non-hydrogen) atoms. The van der Waals surface area contributed by atoms with Crippen LogP contribution in [0.25, 0.3) is 0 Å². The minimum atomic E-state index is -0.202. The summed E-state index contributed by atoms with van der Waals surface area (Å²) in [5, 5.41) is 4.50. The molecule has 2 unspecified atom stereocenters. The lowest BCUT2D eigenvalue weighted by atomic mass is 9.99. The third kappa shape index (κ3) is 3.82. The van der Waals surface area contributed by atoms with Crippen molar-refractivity contribution in [2.45, 2.75) is 32.4 Å². The van der Waals surface area contributed by atoms with E-state index in [1.54, 1.807) is 7.11 Å². The van der Waals surface area contributed by atoms with Crippen molar-refractivity contribution < 1.29 is 9.53 Å². The normalized spacial score (nSPS) is 22.2. The summed E-state index contributed by atoms with van der Waals surface area (Å²) >= 11 is 0. The number of aryl methyl sites for hydroxylation is 2. The van der Waals surface area contributed by atoms with Crippen LogP contribution in [-0.2, 0) is 11.8 Å². The maximum absolute atomic E-state index is 13.0. The quantitative estimate of drug-likeness (QED) is 0.809. The zero-order valence-electron chi connectivity index (χ0n) is 17.6. The third-order valence-electron chi connectivity index (χ3n) is 6.14. The Balaban J connectivity index is 1.34. The Bertz CT molecular complexity index is 870. The molecule has 1 aromatic carbocycles. The maximum atomic E-state index is 13.0. The smallest absolute Gasteiger partial charge is 0.241 e. The number of hydrogen-bond acceptors (Lipinski definition) is 6. The molecule has 0 bridgehead atoms. The van der Waals surface area contributed by atoms with Crippen LogP contribution in [0.3, 0.4) is 0 Å². The number of piperazine rings is 1. The van der Waals surface area contributed by atoms with E-state index >= 15 is 0 Å². The molecular weight excluding hydrogens is 368 g/mol. The number of hydrazine groups is 1. The average Bonchev–Trinajstić information content (AvgIpc) is 3.32. The average molecular weight is 399 g/mol. The summed E-state index contributed by atoms with van der Waals surface area (Å²) in [4.78, 5) is 17.3. The van der Waals surface area contributed by atoms with E-state index in [9.17, 15) is 4.79 Å². The topological polar surface area (TPSA) is 74.7 Å². The summed E-state index contributed by atoms with van der Waals surface area (Å²) in [6.45, 7) is 7.24. The van der Waals surface area contributed by atoms with Crippen LogP contribution in [0, 0.1) is 13.8 Å². The fraction of sp³-hybridized carbons (Fsp3) is 0.524. The van der Waals surface area contributed by atoms with Crippen molar-refractivity contribution in [3.05, 3.63) is 41.2 Å². The number of anilines is 1. The predicted molar refractivity (Wildman–Crippen MR) is 112 cm³/mol. The first-order valence-corrected chi connectivity index (χ1v) is 10.2. The van der Waals surface area contributed by atoms with E-state index in [1.165, 1.54) is 11.3 Å². The highest BCUT2D eigenvalue weighted by Crippen LogP contribution is 2.28. The standard InChI is InChI=1S/C21H30N6O2/c1-14-20(15(2)25(3)24-14)18-13-19(23-22-18)21(28)27-11-9-26(10-12-27)16-5-7-17(29-4)8-6-16/h5-8,18-19,22-23H,9-13H2,1-4H3. The monoisotopic (exact) mass is 398 g/mol. The molecular formula is C21H30N6O2. The summed E-state index contributed by atoms with van der Waals surface area (Å²) in [5.74, 6) is 1.03. The number of aromatic nitrogens is 2. The van der Waals surface area contributed by atoms with E-state index in [0.717, 1.165) is 49.7 Å². The van der Waals surface area contributed by atoms with Gasteiger partial charge in [0.2, 0.25) is 5.91 Å². The minimum Gasteiger partial charge on any atom is -0.497 e. The fourth-order valence-corrected chi connectivity index (χ4v) is 4.40. The van der Waals surface area contributed by atoms with E-state index in [-0.39, 0.29) is 18.0 Å². The molecule has 2 fully saturated rings. The molecule has 4 rings (SSSR count). The lowest BCUT2D eigenvalue weighted by Crippen LogP contribution is -2.53. The Kier molecular flexibility index (Phi) is 5.47. The number of ether oxygens (including phenoxy) is 1. The van der Waals surface area contributed by atoms with Crippen LogP contribution in [-0.4, -0.2) is 59.9 Å². The van der Waals surface area contributed by atoms with Crippen LogP contribution >= 0.6 is 0 Å². The minimum absolute atomic E-state index is 0.109. The van der Waals surface area contributed by atoms with Crippen LogP contribution in [0.2, 0.25) is 0 Å². The van der Waals surface area contributed by atoms with Gasteiger partial charge in [-0.25, -0.2) is 10.9 Å². The van der Waals surface area contributed by atoms with E-state index < -0.39 is 0 Å². The highest BCUT2D eigenvalue weighted by atomic mass is 16.5. The van der Waals surface area contributed by atoms with Crippen molar-refractivity contribution in [2.75, 3.05) is 38.2 Å². The molecule has 2 atom stereocenters. The van der Waals surface area contributed by atoms with Gasteiger partial charge in [-0.15, -0.1) is 0 Å². The molecule has 1 aromatic heterocycles. The second kappa shape index (κ2) is 8.04. The van der Waals surface area contributed by atoms with E-state index in [2.05, 4.69) is 39.9 Å². The van der Waals surface area contributed by atoms with Crippen molar-refractivity contribution in [1.82, 2.24) is 25.5 Å². The van der Waals surface area contributed by atoms with Gasteiger partial charge in [0, 0.05) is 50.2 Å². The van der Waals surface area contributed by atoms with Gasteiger partial charge in [0.15, 0.2) is 0 Å². The van der Waals surface area contributed by atoms with Crippen molar-refractivity contribution in [3.63, 3.8) is 0 Å². The van der Waals surface area contributed by atoms with E-state index in [1.807, 2.05) is 35.7 Å². The molecule has 2 aliphatic heterocycles. The number of carbonyl (C=O) groups excluding carboxylic acids is 1. The van der Waals surface area contributed by atoms with Crippen LogP contribution in [0.1, 0.15) is 29.4 Å². The van der Waals surface area contributed by atoms with Crippen molar-refractivity contribution in [3.8, 4) is 5.75 Å². The summed E-state index contributed by atoms with van der Waals surface area (Å²) in [5.41, 5.74) is 11.0. The zero-order valence-corrected chi connectivity index (χ0v) is 17.6. The Hall–Kier alpha value is -2.58. The first-order chi connectivity index (χ1) is 14.0. The van der Waals surface area contributed by atoms with Crippen LogP contribution in [0.4, 0.5) is 5.69 Å². The molecule has 2 saturated heterocycles. The Morgan fingerprint density at radius 3 is 2.38 bits per heavy atom. The van der Waals surface area contributed by atoms with Gasteiger partial charge in [-0.3, -0.25) is 9.48 Å². The Labute approximate surface area is 171 Å². The summed E-state index contributed by atoms with van der Waals surface area (Å²) < 4.78 is 7.13. The highest BCUT2D eigenvalue weighted by Gasteiger charge is 2.36. The summed E-state index contributed by atoms with van der Waals surface area (Å²) in [6.07, 6.45) is 0.741. The van der Waals surface area contributed by atoms with E-state index in [4.69, 9.17) is 4.74 Å². The number of benzene rings is 1. The molecule has 2 aliphatic rings. The molecule has 0 spiro atoms. The SMILES string of the molecule is COc1ccc(N2CCN(C(=O)C3CC(c4c(C)nn(C)c4C)NN3)CC2)cc1. The van der Waals surface area contributed by atoms with Crippen LogP contribution in [0.15, 0.2) is 24.3 Å².